The molecule has 106 valence electrons. The molecule has 0 N–H and O–H groups in total. The second kappa shape index (κ2) is 4.28. The predicted molar refractivity (Wildman–Crippen MR) is 67.1 cm³/mol. The second-order valence-corrected chi connectivity index (χ2v) is 6.47. The summed E-state index contributed by atoms with van der Waals surface area (Å²) in [4.78, 5) is 25.8. The number of ether oxygens (including phenoxy) is 2. The van der Waals surface area contributed by atoms with Gasteiger partial charge in [-0.3, -0.25) is 14.5 Å². The standard InChI is InChI=1S/C14H21NO4/c1-13(2)9-11(16)15(12(13)17)10-3-5-14(6-4-10)18-7-8-19-14/h10H,3-9H2,1-2H3. The van der Waals surface area contributed by atoms with Crippen LogP contribution in [0.5, 0.6) is 0 Å². The maximum atomic E-state index is 12.3. The largest absolute Gasteiger partial charge is 0.348 e. The minimum Gasteiger partial charge on any atom is -0.348 e. The summed E-state index contributed by atoms with van der Waals surface area (Å²) in [6.45, 7) is 5.00. The van der Waals surface area contributed by atoms with Crippen LogP contribution in [0.3, 0.4) is 0 Å². The number of carbonyl (C=O) groups is 2. The van der Waals surface area contributed by atoms with Crippen molar-refractivity contribution in [3.63, 3.8) is 0 Å². The first-order chi connectivity index (χ1) is 8.94. The number of carbonyl (C=O) groups excluding carboxylic acids is 2. The van der Waals surface area contributed by atoms with Crippen LogP contribution in [0.1, 0.15) is 46.0 Å². The van der Waals surface area contributed by atoms with Gasteiger partial charge in [-0.05, 0) is 12.8 Å². The Labute approximate surface area is 113 Å². The quantitative estimate of drug-likeness (QED) is 0.675. The average molecular weight is 267 g/mol. The highest BCUT2D eigenvalue weighted by Crippen LogP contribution is 2.41. The third-order valence-corrected chi connectivity index (χ3v) is 4.56. The lowest BCUT2D eigenvalue weighted by Gasteiger charge is -2.38. The first kappa shape index (κ1) is 13.1. The number of rotatable bonds is 1. The normalized spacial score (nSPS) is 30.5. The fraction of sp³-hybridized carbons (Fsp3) is 0.857. The van der Waals surface area contributed by atoms with E-state index in [1.165, 1.54) is 4.90 Å². The van der Waals surface area contributed by atoms with Crippen LogP contribution in [0.2, 0.25) is 0 Å². The molecule has 1 spiro atoms. The second-order valence-electron chi connectivity index (χ2n) is 6.47. The van der Waals surface area contributed by atoms with Gasteiger partial charge in [0.1, 0.15) is 0 Å². The molecular weight excluding hydrogens is 246 g/mol. The molecule has 2 aliphatic heterocycles. The molecule has 0 aromatic heterocycles. The van der Waals surface area contributed by atoms with E-state index >= 15 is 0 Å². The molecule has 5 heteroatoms. The molecule has 19 heavy (non-hydrogen) atoms. The Kier molecular flexibility index (Phi) is 2.94. The third kappa shape index (κ3) is 2.09. The van der Waals surface area contributed by atoms with Crippen molar-refractivity contribution in [1.82, 2.24) is 4.90 Å². The van der Waals surface area contributed by atoms with Crippen molar-refractivity contribution >= 4 is 11.8 Å². The molecule has 2 amide bonds. The smallest absolute Gasteiger partial charge is 0.235 e. The van der Waals surface area contributed by atoms with Gasteiger partial charge in [0.05, 0.1) is 18.6 Å². The summed E-state index contributed by atoms with van der Waals surface area (Å²) in [5, 5.41) is 0. The summed E-state index contributed by atoms with van der Waals surface area (Å²) in [6, 6.07) is 0.0280. The van der Waals surface area contributed by atoms with Crippen molar-refractivity contribution in [2.75, 3.05) is 13.2 Å². The molecule has 0 bridgehead atoms. The maximum Gasteiger partial charge on any atom is 0.235 e. The SMILES string of the molecule is CC1(C)CC(=O)N(C2CCC3(CC2)OCCO3)C1=O. The van der Waals surface area contributed by atoms with E-state index in [1.54, 1.807) is 0 Å². The van der Waals surface area contributed by atoms with E-state index in [9.17, 15) is 9.59 Å². The average Bonchev–Trinajstić information content (AvgIpc) is 2.87. The predicted octanol–water partition coefficient (Wildman–Crippen LogP) is 1.46. The van der Waals surface area contributed by atoms with Gasteiger partial charge in [-0.15, -0.1) is 0 Å². The van der Waals surface area contributed by atoms with Crippen molar-refractivity contribution in [2.24, 2.45) is 5.41 Å². The van der Waals surface area contributed by atoms with Crippen molar-refractivity contribution in [3.05, 3.63) is 0 Å². The van der Waals surface area contributed by atoms with E-state index in [0.29, 0.717) is 19.6 Å². The Morgan fingerprint density at radius 2 is 1.68 bits per heavy atom. The minimum atomic E-state index is -0.535. The van der Waals surface area contributed by atoms with Crippen molar-refractivity contribution in [2.45, 2.75) is 57.8 Å². The van der Waals surface area contributed by atoms with Crippen LogP contribution in [0.15, 0.2) is 0 Å². The number of hydrogen-bond donors (Lipinski definition) is 0. The molecule has 2 saturated heterocycles. The molecule has 0 aromatic carbocycles. The Hall–Kier alpha value is -0.940. The molecule has 3 rings (SSSR count). The van der Waals surface area contributed by atoms with Crippen LogP contribution in [-0.2, 0) is 19.1 Å². The summed E-state index contributed by atoms with van der Waals surface area (Å²) in [5.41, 5.74) is -0.535. The zero-order chi connectivity index (χ0) is 13.7. The van der Waals surface area contributed by atoms with Crippen LogP contribution in [0.25, 0.3) is 0 Å². The zero-order valence-corrected chi connectivity index (χ0v) is 11.6. The summed E-state index contributed by atoms with van der Waals surface area (Å²) < 4.78 is 11.4. The third-order valence-electron chi connectivity index (χ3n) is 4.56. The Bertz CT molecular complexity index is 402. The molecule has 5 nitrogen and oxygen atoms in total. The molecule has 2 heterocycles. The Morgan fingerprint density at radius 3 is 2.16 bits per heavy atom. The number of hydrogen-bond acceptors (Lipinski definition) is 4. The number of amides is 2. The Balaban J connectivity index is 1.68. The summed E-state index contributed by atoms with van der Waals surface area (Å²) in [6.07, 6.45) is 3.45. The zero-order valence-electron chi connectivity index (χ0n) is 11.6. The molecule has 1 aliphatic carbocycles. The van der Waals surface area contributed by atoms with Crippen molar-refractivity contribution < 1.29 is 19.1 Å². The highest BCUT2D eigenvalue weighted by atomic mass is 16.7. The van der Waals surface area contributed by atoms with Crippen LogP contribution >= 0.6 is 0 Å². The fourth-order valence-electron chi connectivity index (χ4n) is 3.43. The van der Waals surface area contributed by atoms with Crippen LogP contribution in [0.4, 0.5) is 0 Å². The molecule has 0 radical (unpaired) electrons. The summed E-state index contributed by atoms with van der Waals surface area (Å²) in [7, 11) is 0. The van der Waals surface area contributed by atoms with Crippen molar-refractivity contribution in [1.29, 1.82) is 0 Å². The molecule has 3 aliphatic rings. The highest BCUT2D eigenvalue weighted by molar-refractivity contribution is 6.05. The minimum absolute atomic E-state index is 0.0216. The van der Waals surface area contributed by atoms with E-state index in [2.05, 4.69) is 0 Å². The van der Waals surface area contributed by atoms with Crippen molar-refractivity contribution in [3.8, 4) is 0 Å². The van der Waals surface area contributed by atoms with Crippen LogP contribution < -0.4 is 0 Å². The molecule has 0 atom stereocenters. The first-order valence-electron chi connectivity index (χ1n) is 7.08. The van der Waals surface area contributed by atoms with Gasteiger partial charge in [0.2, 0.25) is 11.8 Å². The van der Waals surface area contributed by atoms with Gasteiger partial charge in [0.15, 0.2) is 5.79 Å². The lowest BCUT2D eigenvalue weighted by molar-refractivity contribution is -0.186. The van der Waals surface area contributed by atoms with E-state index in [-0.39, 0.29) is 17.9 Å². The van der Waals surface area contributed by atoms with Crippen LogP contribution in [0, 0.1) is 5.41 Å². The van der Waals surface area contributed by atoms with E-state index in [0.717, 1.165) is 25.7 Å². The van der Waals surface area contributed by atoms with Gasteiger partial charge in [-0.2, -0.15) is 0 Å². The highest BCUT2D eigenvalue weighted by Gasteiger charge is 2.50. The fourth-order valence-corrected chi connectivity index (χ4v) is 3.43. The molecular formula is C14H21NO4. The number of imide groups is 1. The van der Waals surface area contributed by atoms with E-state index in [1.807, 2.05) is 13.8 Å². The van der Waals surface area contributed by atoms with Crippen LogP contribution in [-0.4, -0.2) is 41.8 Å². The summed E-state index contributed by atoms with van der Waals surface area (Å²) in [5.74, 6) is -0.478. The first-order valence-corrected chi connectivity index (χ1v) is 7.08. The topological polar surface area (TPSA) is 55.8 Å². The lowest BCUT2D eigenvalue weighted by atomic mass is 9.88. The molecule has 0 unspecified atom stereocenters. The van der Waals surface area contributed by atoms with E-state index in [4.69, 9.17) is 9.47 Å². The van der Waals surface area contributed by atoms with Gasteiger partial charge in [0.25, 0.3) is 0 Å². The maximum absolute atomic E-state index is 12.3. The monoisotopic (exact) mass is 267 g/mol. The molecule has 0 aromatic rings. The van der Waals surface area contributed by atoms with Gasteiger partial charge in [-0.1, -0.05) is 13.8 Å². The van der Waals surface area contributed by atoms with E-state index < -0.39 is 11.2 Å². The van der Waals surface area contributed by atoms with Gasteiger partial charge in [0, 0.05) is 25.3 Å². The van der Waals surface area contributed by atoms with Gasteiger partial charge >= 0.3 is 0 Å². The number of nitrogens with zero attached hydrogens (tertiary/aromatic N) is 1. The Morgan fingerprint density at radius 1 is 1.11 bits per heavy atom. The summed E-state index contributed by atoms with van der Waals surface area (Å²) >= 11 is 0. The molecule has 3 fully saturated rings. The van der Waals surface area contributed by atoms with Gasteiger partial charge in [-0.25, -0.2) is 0 Å². The number of likely N-dealkylation sites (tertiary alicyclic amines) is 1. The molecule has 1 saturated carbocycles. The lowest BCUT2D eigenvalue weighted by Crippen LogP contribution is -2.47. The van der Waals surface area contributed by atoms with Gasteiger partial charge < -0.3 is 9.47 Å².